The van der Waals surface area contributed by atoms with Crippen LogP contribution in [0.15, 0.2) is 24.3 Å². The third kappa shape index (κ3) is 11.7. The van der Waals surface area contributed by atoms with Crippen molar-refractivity contribution in [3.8, 4) is 5.75 Å². The summed E-state index contributed by atoms with van der Waals surface area (Å²) < 4.78 is 6.09. The van der Waals surface area contributed by atoms with Crippen LogP contribution in [-0.2, 0) is 6.42 Å². The molecule has 1 aromatic rings. The van der Waals surface area contributed by atoms with E-state index < -0.39 is 0 Å². The fourth-order valence-electron chi connectivity index (χ4n) is 6.85. The van der Waals surface area contributed by atoms with Gasteiger partial charge in [0.05, 0.1) is 6.61 Å². The van der Waals surface area contributed by atoms with Crippen LogP contribution in [0, 0.1) is 23.7 Å². The van der Waals surface area contributed by atoms with Crippen LogP contribution in [0.1, 0.15) is 148 Å². The van der Waals surface area contributed by atoms with Gasteiger partial charge in [0.2, 0.25) is 0 Å². The number of unbranched alkanes of at least 4 members (excludes halogenated alkanes) is 5. The van der Waals surface area contributed by atoms with Gasteiger partial charge in [-0.3, -0.25) is 0 Å². The first kappa shape index (κ1) is 28.6. The van der Waals surface area contributed by atoms with E-state index in [2.05, 4.69) is 38.1 Å². The number of ether oxygens (including phenoxy) is 1. The van der Waals surface area contributed by atoms with Gasteiger partial charge in [-0.15, -0.1) is 0 Å². The van der Waals surface area contributed by atoms with Crippen molar-refractivity contribution in [3.05, 3.63) is 29.8 Å². The minimum absolute atomic E-state index is 0.886. The number of hydrogen-bond acceptors (Lipinski definition) is 1. The van der Waals surface area contributed by atoms with E-state index in [1.807, 2.05) is 0 Å². The molecule has 0 saturated heterocycles. The molecule has 0 amide bonds. The maximum atomic E-state index is 6.09. The standard InChI is InChI=1S/C34H58O/c1-3-5-7-9-12-30-18-20-32(21-19-30)22-23-33-24-26-34(27-25-33)35-28-10-13-31-16-14-29(15-17-31)11-8-6-4-2/h24-27,29-32H,3-23,28H2,1-2H3. The highest BCUT2D eigenvalue weighted by atomic mass is 16.5. The molecule has 200 valence electrons. The zero-order chi connectivity index (χ0) is 24.6. The van der Waals surface area contributed by atoms with Crippen molar-refractivity contribution in [2.24, 2.45) is 23.7 Å². The lowest BCUT2D eigenvalue weighted by atomic mass is 9.78. The van der Waals surface area contributed by atoms with E-state index >= 15 is 0 Å². The minimum atomic E-state index is 0.886. The highest BCUT2D eigenvalue weighted by Gasteiger charge is 2.21. The second kappa shape index (κ2) is 17.5. The van der Waals surface area contributed by atoms with Crippen LogP contribution in [-0.4, -0.2) is 6.61 Å². The lowest BCUT2D eigenvalue weighted by Gasteiger charge is -2.28. The lowest BCUT2D eigenvalue weighted by Crippen LogP contribution is -2.15. The number of rotatable bonds is 17. The van der Waals surface area contributed by atoms with Crippen molar-refractivity contribution < 1.29 is 4.74 Å². The summed E-state index contributed by atoms with van der Waals surface area (Å²) in [7, 11) is 0. The Balaban J connectivity index is 1.20. The second-order valence-electron chi connectivity index (χ2n) is 12.3. The smallest absolute Gasteiger partial charge is 0.119 e. The Kier molecular flexibility index (Phi) is 14.3. The third-order valence-corrected chi connectivity index (χ3v) is 9.40. The van der Waals surface area contributed by atoms with Gasteiger partial charge in [0.15, 0.2) is 0 Å². The van der Waals surface area contributed by atoms with E-state index in [9.17, 15) is 0 Å². The van der Waals surface area contributed by atoms with Crippen LogP contribution in [0.4, 0.5) is 0 Å². The maximum Gasteiger partial charge on any atom is 0.119 e. The molecule has 35 heavy (non-hydrogen) atoms. The van der Waals surface area contributed by atoms with Crippen molar-refractivity contribution in [1.29, 1.82) is 0 Å². The fraction of sp³-hybridized carbons (Fsp3) is 0.824. The summed E-state index contributed by atoms with van der Waals surface area (Å²) in [4.78, 5) is 0. The zero-order valence-electron chi connectivity index (χ0n) is 23.6. The molecule has 2 aliphatic carbocycles. The van der Waals surface area contributed by atoms with Gasteiger partial charge in [0, 0.05) is 0 Å². The molecule has 0 bridgehead atoms. The van der Waals surface area contributed by atoms with Gasteiger partial charge in [0.1, 0.15) is 5.75 Å². The molecule has 0 aromatic heterocycles. The molecule has 0 unspecified atom stereocenters. The number of aryl methyl sites for hydroxylation is 1. The Bertz CT molecular complexity index is 618. The van der Waals surface area contributed by atoms with Gasteiger partial charge in [-0.2, -0.15) is 0 Å². The van der Waals surface area contributed by atoms with Crippen LogP contribution in [0.2, 0.25) is 0 Å². The first-order valence-electron chi connectivity index (χ1n) is 16.0. The molecular weight excluding hydrogens is 424 g/mol. The quantitative estimate of drug-likeness (QED) is 0.201. The van der Waals surface area contributed by atoms with Crippen LogP contribution in [0.5, 0.6) is 5.75 Å². The van der Waals surface area contributed by atoms with Crippen molar-refractivity contribution in [3.63, 3.8) is 0 Å². The first-order valence-corrected chi connectivity index (χ1v) is 16.0. The summed E-state index contributed by atoms with van der Waals surface area (Å²) in [5, 5.41) is 0. The predicted octanol–water partition coefficient (Wildman–Crippen LogP) is 10.9. The average Bonchev–Trinajstić information content (AvgIpc) is 2.90. The number of benzene rings is 1. The van der Waals surface area contributed by atoms with Crippen molar-refractivity contribution in [1.82, 2.24) is 0 Å². The van der Waals surface area contributed by atoms with Gasteiger partial charge < -0.3 is 4.74 Å². The van der Waals surface area contributed by atoms with Crippen LogP contribution in [0.3, 0.4) is 0 Å². The van der Waals surface area contributed by atoms with E-state index in [1.54, 1.807) is 0 Å². The summed E-state index contributed by atoms with van der Waals surface area (Å²) in [5.74, 6) is 5.05. The van der Waals surface area contributed by atoms with Gasteiger partial charge >= 0.3 is 0 Å². The van der Waals surface area contributed by atoms with Crippen molar-refractivity contribution in [2.75, 3.05) is 6.61 Å². The molecule has 0 atom stereocenters. The maximum absolute atomic E-state index is 6.09. The summed E-state index contributed by atoms with van der Waals surface area (Å²) in [6.45, 7) is 5.51. The topological polar surface area (TPSA) is 9.23 Å². The largest absolute Gasteiger partial charge is 0.494 e. The molecule has 1 heteroatoms. The summed E-state index contributed by atoms with van der Waals surface area (Å²) in [6, 6.07) is 9.05. The molecule has 0 N–H and O–H groups in total. The molecule has 1 aromatic carbocycles. The lowest BCUT2D eigenvalue weighted by molar-refractivity contribution is 0.228. The van der Waals surface area contributed by atoms with Crippen LogP contribution in [0.25, 0.3) is 0 Å². The van der Waals surface area contributed by atoms with Crippen LogP contribution < -0.4 is 4.74 Å². The Morgan fingerprint density at radius 1 is 0.543 bits per heavy atom. The molecule has 3 rings (SSSR count). The third-order valence-electron chi connectivity index (χ3n) is 9.40. The van der Waals surface area contributed by atoms with E-state index in [1.165, 1.54) is 140 Å². The predicted molar refractivity (Wildman–Crippen MR) is 153 cm³/mol. The van der Waals surface area contributed by atoms with E-state index in [0.717, 1.165) is 36.0 Å². The molecule has 2 aliphatic rings. The monoisotopic (exact) mass is 482 g/mol. The summed E-state index contributed by atoms with van der Waals surface area (Å²) in [6.07, 6.45) is 30.0. The summed E-state index contributed by atoms with van der Waals surface area (Å²) >= 11 is 0. The molecule has 2 saturated carbocycles. The normalized spacial score (nSPS) is 25.0. The molecule has 0 aliphatic heterocycles. The highest BCUT2D eigenvalue weighted by Crippen LogP contribution is 2.35. The fourth-order valence-corrected chi connectivity index (χ4v) is 6.85. The van der Waals surface area contributed by atoms with Gasteiger partial charge in [-0.25, -0.2) is 0 Å². The van der Waals surface area contributed by atoms with Crippen molar-refractivity contribution in [2.45, 2.75) is 149 Å². The Hall–Kier alpha value is -0.980. The van der Waals surface area contributed by atoms with Crippen molar-refractivity contribution >= 4 is 0 Å². The van der Waals surface area contributed by atoms with Crippen LogP contribution >= 0.6 is 0 Å². The molecular formula is C34H58O. The molecule has 0 heterocycles. The van der Waals surface area contributed by atoms with Gasteiger partial charge in [-0.1, -0.05) is 135 Å². The Morgan fingerprint density at radius 3 is 1.54 bits per heavy atom. The average molecular weight is 483 g/mol. The molecule has 2 fully saturated rings. The Labute approximate surface area is 219 Å². The van der Waals surface area contributed by atoms with E-state index in [-0.39, 0.29) is 0 Å². The van der Waals surface area contributed by atoms with E-state index in [4.69, 9.17) is 4.74 Å². The minimum Gasteiger partial charge on any atom is -0.494 e. The summed E-state index contributed by atoms with van der Waals surface area (Å²) in [5.41, 5.74) is 1.50. The van der Waals surface area contributed by atoms with Gasteiger partial charge in [-0.05, 0) is 67.1 Å². The first-order chi connectivity index (χ1) is 17.3. The highest BCUT2D eigenvalue weighted by molar-refractivity contribution is 5.27. The number of hydrogen-bond donors (Lipinski definition) is 0. The SMILES string of the molecule is CCCCCCC1CCC(CCc2ccc(OCCCC3CCC(CCCCC)CC3)cc2)CC1. The Morgan fingerprint density at radius 2 is 1.00 bits per heavy atom. The molecule has 1 nitrogen and oxygen atoms in total. The zero-order valence-corrected chi connectivity index (χ0v) is 23.6. The second-order valence-corrected chi connectivity index (χ2v) is 12.3. The molecule has 0 radical (unpaired) electrons. The molecule has 0 spiro atoms. The van der Waals surface area contributed by atoms with Gasteiger partial charge in [0.25, 0.3) is 0 Å². The van der Waals surface area contributed by atoms with E-state index in [0.29, 0.717) is 0 Å².